The van der Waals surface area contributed by atoms with Crippen LogP contribution < -0.4 is 0 Å². The Bertz CT molecular complexity index is 531. The molecule has 5 heteroatoms. The molecular weight excluding hydrogens is 276 g/mol. The third kappa shape index (κ3) is 3.15. The first-order valence-corrected chi connectivity index (χ1v) is 8.09. The summed E-state index contributed by atoms with van der Waals surface area (Å²) in [5.74, 6) is 0.192. The van der Waals surface area contributed by atoms with E-state index in [9.17, 15) is 4.79 Å². The molecule has 2 fully saturated rings. The highest BCUT2D eigenvalue weighted by molar-refractivity contribution is 5.73. The number of amides is 1. The van der Waals surface area contributed by atoms with Gasteiger partial charge in [0.1, 0.15) is 0 Å². The fourth-order valence-corrected chi connectivity index (χ4v) is 3.88. The van der Waals surface area contributed by atoms with Crippen LogP contribution >= 0.6 is 0 Å². The molecule has 1 unspecified atom stereocenters. The first kappa shape index (κ1) is 15.4. The molecule has 0 bridgehead atoms. The zero-order valence-electron chi connectivity index (χ0n) is 13.8. The number of piperazine rings is 2. The van der Waals surface area contributed by atoms with Crippen molar-refractivity contribution in [1.29, 1.82) is 0 Å². The number of fused-ring (bicyclic) bond motifs is 1. The third-order valence-electron chi connectivity index (χ3n) is 4.93. The summed E-state index contributed by atoms with van der Waals surface area (Å²) < 4.78 is 0. The number of hydrogen-bond donors (Lipinski definition) is 0. The highest BCUT2D eigenvalue weighted by Gasteiger charge is 2.43. The number of pyridine rings is 1. The van der Waals surface area contributed by atoms with Gasteiger partial charge in [0, 0.05) is 70.2 Å². The Morgan fingerprint density at radius 3 is 2.86 bits per heavy atom. The van der Waals surface area contributed by atoms with Gasteiger partial charge >= 0.3 is 0 Å². The highest BCUT2D eigenvalue weighted by Crippen LogP contribution is 2.28. The lowest BCUT2D eigenvalue weighted by molar-refractivity contribution is -0.139. The molecule has 0 radical (unpaired) electrons. The van der Waals surface area contributed by atoms with Crippen molar-refractivity contribution in [3.8, 4) is 0 Å². The Balaban J connectivity index is 1.69. The summed E-state index contributed by atoms with van der Waals surface area (Å²) in [4.78, 5) is 23.1. The number of carbonyl (C=O) groups is 1. The number of aromatic nitrogens is 1. The molecule has 0 aromatic carbocycles. The van der Waals surface area contributed by atoms with E-state index in [1.807, 2.05) is 23.4 Å². The van der Waals surface area contributed by atoms with Crippen LogP contribution in [0.4, 0.5) is 0 Å². The van der Waals surface area contributed by atoms with Crippen LogP contribution in [0.2, 0.25) is 0 Å². The fraction of sp³-hybridized carbons (Fsp3) is 0.647. The van der Waals surface area contributed by atoms with Gasteiger partial charge < -0.3 is 4.90 Å². The summed E-state index contributed by atoms with van der Waals surface area (Å²) in [6.07, 6.45) is 3.76. The van der Waals surface area contributed by atoms with Crippen LogP contribution in [0.1, 0.15) is 26.3 Å². The normalized spacial score (nSPS) is 25.8. The lowest BCUT2D eigenvalue weighted by atomic mass is 9.92. The summed E-state index contributed by atoms with van der Waals surface area (Å²) >= 11 is 0. The molecule has 5 nitrogen and oxygen atoms in total. The third-order valence-corrected chi connectivity index (χ3v) is 4.93. The minimum absolute atomic E-state index is 0.0645. The van der Waals surface area contributed by atoms with Crippen LogP contribution in [0.15, 0.2) is 24.5 Å². The monoisotopic (exact) mass is 302 g/mol. The van der Waals surface area contributed by atoms with Gasteiger partial charge in [-0.05, 0) is 25.5 Å². The molecule has 22 heavy (non-hydrogen) atoms. The lowest BCUT2D eigenvalue weighted by Gasteiger charge is -2.55. The molecule has 2 aliphatic rings. The van der Waals surface area contributed by atoms with Gasteiger partial charge in [0.25, 0.3) is 0 Å². The molecule has 0 N–H and O–H groups in total. The number of carbonyl (C=O) groups excluding carboxylic acids is 1. The second-order valence-corrected chi connectivity index (χ2v) is 7.16. The number of rotatable bonds is 2. The smallest absolute Gasteiger partial charge is 0.219 e. The van der Waals surface area contributed by atoms with E-state index < -0.39 is 0 Å². The predicted molar refractivity (Wildman–Crippen MR) is 86.3 cm³/mol. The second kappa shape index (κ2) is 5.97. The van der Waals surface area contributed by atoms with Gasteiger partial charge in [-0.2, -0.15) is 0 Å². The van der Waals surface area contributed by atoms with Crippen LogP contribution in [-0.2, 0) is 11.3 Å². The van der Waals surface area contributed by atoms with Gasteiger partial charge in [0.15, 0.2) is 0 Å². The summed E-state index contributed by atoms with van der Waals surface area (Å²) in [7, 11) is 0. The first-order chi connectivity index (χ1) is 10.5. The standard InChI is InChI=1S/C17H26N4O/c1-14(22)20-12-16-11-19(10-15-5-4-6-18-9-15)7-8-21(16)17(2,3)13-20/h4-6,9,16H,7-8,10-13H2,1-3H3. The van der Waals surface area contributed by atoms with Gasteiger partial charge in [-0.15, -0.1) is 0 Å². The van der Waals surface area contributed by atoms with E-state index in [-0.39, 0.29) is 11.4 Å². The minimum atomic E-state index is 0.0645. The minimum Gasteiger partial charge on any atom is -0.339 e. The Kier molecular flexibility index (Phi) is 4.19. The Labute approximate surface area is 132 Å². The van der Waals surface area contributed by atoms with E-state index in [2.05, 4.69) is 34.7 Å². The number of hydrogen-bond acceptors (Lipinski definition) is 4. The Morgan fingerprint density at radius 1 is 1.36 bits per heavy atom. The van der Waals surface area contributed by atoms with E-state index in [0.29, 0.717) is 6.04 Å². The van der Waals surface area contributed by atoms with Crippen molar-refractivity contribution in [3.05, 3.63) is 30.1 Å². The average molecular weight is 302 g/mol. The molecule has 0 spiro atoms. The van der Waals surface area contributed by atoms with Crippen molar-refractivity contribution in [3.63, 3.8) is 0 Å². The topological polar surface area (TPSA) is 39.7 Å². The van der Waals surface area contributed by atoms with Crippen LogP contribution in [-0.4, -0.2) is 69.9 Å². The molecule has 0 saturated carbocycles. The summed E-state index contributed by atoms with van der Waals surface area (Å²) in [6, 6.07) is 4.55. The van der Waals surface area contributed by atoms with E-state index in [1.165, 1.54) is 5.56 Å². The van der Waals surface area contributed by atoms with Crippen LogP contribution in [0.25, 0.3) is 0 Å². The van der Waals surface area contributed by atoms with E-state index in [0.717, 1.165) is 39.3 Å². The van der Waals surface area contributed by atoms with Crippen molar-refractivity contribution in [1.82, 2.24) is 19.7 Å². The summed E-state index contributed by atoms with van der Waals surface area (Å²) in [5, 5.41) is 0. The zero-order chi connectivity index (χ0) is 15.7. The van der Waals surface area contributed by atoms with Gasteiger partial charge in [-0.3, -0.25) is 19.6 Å². The average Bonchev–Trinajstić information content (AvgIpc) is 2.47. The van der Waals surface area contributed by atoms with E-state index in [1.54, 1.807) is 6.92 Å². The molecule has 2 aliphatic heterocycles. The molecule has 1 aromatic heterocycles. The molecule has 1 atom stereocenters. The van der Waals surface area contributed by atoms with Crippen LogP contribution in [0.3, 0.4) is 0 Å². The first-order valence-electron chi connectivity index (χ1n) is 8.09. The molecule has 120 valence electrons. The van der Waals surface area contributed by atoms with Gasteiger partial charge in [-0.1, -0.05) is 6.07 Å². The Hall–Kier alpha value is -1.46. The Morgan fingerprint density at radius 2 is 2.18 bits per heavy atom. The van der Waals surface area contributed by atoms with Crippen molar-refractivity contribution in [2.75, 3.05) is 32.7 Å². The zero-order valence-corrected chi connectivity index (χ0v) is 13.8. The largest absolute Gasteiger partial charge is 0.339 e. The van der Waals surface area contributed by atoms with Crippen molar-refractivity contribution >= 4 is 5.91 Å². The SMILES string of the molecule is CC(=O)N1CC2CN(Cc3cccnc3)CCN2C(C)(C)C1. The molecule has 1 amide bonds. The van der Waals surface area contributed by atoms with Crippen molar-refractivity contribution in [2.45, 2.75) is 38.9 Å². The van der Waals surface area contributed by atoms with E-state index >= 15 is 0 Å². The molecule has 3 rings (SSSR count). The summed E-state index contributed by atoms with van der Waals surface area (Å²) in [5.41, 5.74) is 1.32. The number of nitrogens with zero attached hydrogens (tertiary/aromatic N) is 4. The van der Waals surface area contributed by atoms with Crippen molar-refractivity contribution in [2.24, 2.45) is 0 Å². The molecular formula is C17H26N4O. The van der Waals surface area contributed by atoms with Crippen LogP contribution in [0, 0.1) is 0 Å². The predicted octanol–water partition coefficient (Wildman–Crippen LogP) is 1.21. The van der Waals surface area contributed by atoms with E-state index in [4.69, 9.17) is 0 Å². The lowest BCUT2D eigenvalue weighted by Crippen LogP contribution is -2.70. The van der Waals surface area contributed by atoms with Crippen molar-refractivity contribution < 1.29 is 4.79 Å². The molecule has 0 aliphatic carbocycles. The quantitative estimate of drug-likeness (QED) is 0.823. The maximum atomic E-state index is 11.8. The maximum Gasteiger partial charge on any atom is 0.219 e. The molecule has 1 aromatic rings. The fourth-order valence-electron chi connectivity index (χ4n) is 3.88. The second-order valence-electron chi connectivity index (χ2n) is 7.16. The maximum absolute atomic E-state index is 11.8. The summed E-state index contributed by atoms with van der Waals surface area (Å²) in [6.45, 7) is 12.0. The molecule has 2 saturated heterocycles. The van der Waals surface area contributed by atoms with Crippen LogP contribution in [0.5, 0.6) is 0 Å². The van der Waals surface area contributed by atoms with Gasteiger partial charge in [0.2, 0.25) is 5.91 Å². The van der Waals surface area contributed by atoms with Gasteiger partial charge in [0.05, 0.1) is 0 Å². The van der Waals surface area contributed by atoms with Gasteiger partial charge in [-0.25, -0.2) is 0 Å². The highest BCUT2D eigenvalue weighted by atomic mass is 16.2. The molecule has 3 heterocycles.